The van der Waals surface area contributed by atoms with E-state index in [-0.39, 0.29) is 28.4 Å². The van der Waals surface area contributed by atoms with Crippen LogP contribution in [0.25, 0.3) is 11.5 Å². The molecule has 0 atom stereocenters. The molecule has 0 saturated carbocycles. The van der Waals surface area contributed by atoms with Crippen LogP contribution in [0.15, 0.2) is 42.5 Å². The molecule has 0 amide bonds. The Bertz CT molecular complexity index is 609. The highest BCUT2D eigenvalue weighted by Gasteiger charge is 2.11. The molecule has 0 aliphatic heterocycles. The van der Waals surface area contributed by atoms with Gasteiger partial charge in [0.2, 0.25) is 0 Å². The molecule has 5 N–H and O–H groups in total. The molecule has 98 valence electrons. The molecule has 5 heteroatoms. The molecule has 0 saturated heterocycles. The zero-order valence-electron chi connectivity index (χ0n) is 9.78. The molecule has 0 aromatic heterocycles. The smallest absolute Gasteiger partial charge is 0.165 e. The minimum atomic E-state index is -0.489. The standard InChI is InChI=1S/C14H12O5/c15-10-3-1-8(2-4-10)13(18)14(19)9-5-11(16)7-12(17)6-9/h1-7,15-19H. The van der Waals surface area contributed by atoms with Crippen LogP contribution < -0.4 is 0 Å². The zero-order chi connectivity index (χ0) is 14.0. The average Bonchev–Trinajstić information content (AvgIpc) is 2.37. The third-order valence-electron chi connectivity index (χ3n) is 2.54. The lowest BCUT2D eigenvalue weighted by Crippen LogP contribution is -1.91. The minimum Gasteiger partial charge on any atom is -0.508 e. The molecule has 0 fully saturated rings. The van der Waals surface area contributed by atoms with Gasteiger partial charge in [0.25, 0.3) is 0 Å². The minimum absolute atomic E-state index is 0.0334. The summed E-state index contributed by atoms with van der Waals surface area (Å²) in [6.45, 7) is 0. The van der Waals surface area contributed by atoms with Gasteiger partial charge in [-0.15, -0.1) is 0 Å². The van der Waals surface area contributed by atoms with Crippen molar-refractivity contribution in [3.63, 3.8) is 0 Å². The fourth-order valence-corrected chi connectivity index (χ4v) is 1.62. The number of hydrogen-bond acceptors (Lipinski definition) is 5. The molecular weight excluding hydrogens is 248 g/mol. The molecule has 0 unspecified atom stereocenters. The highest BCUT2D eigenvalue weighted by molar-refractivity contribution is 5.83. The van der Waals surface area contributed by atoms with Crippen molar-refractivity contribution in [3.8, 4) is 17.2 Å². The largest absolute Gasteiger partial charge is 0.508 e. The first kappa shape index (κ1) is 12.6. The fourth-order valence-electron chi connectivity index (χ4n) is 1.62. The predicted octanol–water partition coefficient (Wildman–Crippen LogP) is 2.75. The van der Waals surface area contributed by atoms with E-state index in [4.69, 9.17) is 5.11 Å². The first-order valence-corrected chi connectivity index (χ1v) is 5.42. The SMILES string of the molecule is OC(=C(O)c1cc(O)cc(O)c1)c1ccc(O)cc1. The van der Waals surface area contributed by atoms with E-state index in [9.17, 15) is 20.4 Å². The summed E-state index contributed by atoms with van der Waals surface area (Å²) in [5.41, 5.74) is 0.362. The number of phenols is 3. The van der Waals surface area contributed by atoms with Gasteiger partial charge >= 0.3 is 0 Å². The monoisotopic (exact) mass is 260 g/mol. The van der Waals surface area contributed by atoms with Crippen LogP contribution >= 0.6 is 0 Å². The van der Waals surface area contributed by atoms with Crippen molar-refractivity contribution in [1.29, 1.82) is 0 Å². The molecule has 0 aliphatic carbocycles. The summed E-state index contributed by atoms with van der Waals surface area (Å²) in [5.74, 6) is -1.35. The molecular formula is C14H12O5. The Morgan fingerprint density at radius 1 is 0.579 bits per heavy atom. The zero-order valence-corrected chi connectivity index (χ0v) is 9.78. The number of aliphatic hydroxyl groups excluding tert-OH is 2. The lowest BCUT2D eigenvalue weighted by molar-refractivity contribution is 0.443. The van der Waals surface area contributed by atoms with Gasteiger partial charge in [-0.25, -0.2) is 0 Å². The lowest BCUT2D eigenvalue weighted by Gasteiger charge is -2.07. The molecule has 0 spiro atoms. The van der Waals surface area contributed by atoms with E-state index in [1.807, 2.05) is 0 Å². The van der Waals surface area contributed by atoms with Crippen LogP contribution in [0, 0.1) is 0 Å². The molecule has 0 heterocycles. The van der Waals surface area contributed by atoms with Crippen LogP contribution in [0.3, 0.4) is 0 Å². The van der Waals surface area contributed by atoms with Crippen LogP contribution in [0.4, 0.5) is 0 Å². The van der Waals surface area contributed by atoms with Gasteiger partial charge in [-0.05, 0) is 36.4 Å². The van der Waals surface area contributed by atoms with Gasteiger partial charge in [-0.3, -0.25) is 0 Å². The predicted molar refractivity (Wildman–Crippen MR) is 70.0 cm³/mol. The Hall–Kier alpha value is -2.82. The van der Waals surface area contributed by atoms with E-state index >= 15 is 0 Å². The molecule has 0 aliphatic rings. The van der Waals surface area contributed by atoms with Gasteiger partial charge in [0, 0.05) is 17.2 Å². The van der Waals surface area contributed by atoms with Gasteiger partial charge < -0.3 is 25.5 Å². The first-order chi connectivity index (χ1) is 8.97. The Morgan fingerprint density at radius 3 is 1.58 bits per heavy atom. The Morgan fingerprint density at radius 2 is 1.05 bits per heavy atom. The van der Waals surface area contributed by atoms with Crippen molar-refractivity contribution >= 4 is 11.5 Å². The van der Waals surface area contributed by atoms with E-state index in [1.165, 1.54) is 36.4 Å². The quantitative estimate of drug-likeness (QED) is 0.422. The summed E-state index contributed by atoms with van der Waals surface area (Å²) in [7, 11) is 0. The van der Waals surface area contributed by atoms with Crippen LogP contribution in [0.1, 0.15) is 11.1 Å². The van der Waals surface area contributed by atoms with Gasteiger partial charge in [0.05, 0.1) is 0 Å². The molecule has 2 aromatic rings. The van der Waals surface area contributed by atoms with Gasteiger partial charge in [0.15, 0.2) is 11.5 Å². The first-order valence-electron chi connectivity index (χ1n) is 5.42. The fraction of sp³-hybridized carbons (Fsp3) is 0. The van der Waals surface area contributed by atoms with E-state index < -0.39 is 11.5 Å². The van der Waals surface area contributed by atoms with Crippen molar-refractivity contribution < 1.29 is 25.5 Å². The molecule has 0 radical (unpaired) electrons. The Kier molecular flexibility index (Phi) is 3.20. The maximum atomic E-state index is 9.91. The van der Waals surface area contributed by atoms with Crippen molar-refractivity contribution in [3.05, 3.63) is 53.6 Å². The molecule has 19 heavy (non-hydrogen) atoms. The summed E-state index contributed by atoms with van der Waals surface area (Å²) in [6, 6.07) is 9.07. The highest BCUT2D eigenvalue weighted by atomic mass is 16.3. The third-order valence-corrected chi connectivity index (χ3v) is 2.54. The normalized spacial score (nSPS) is 12.0. The third kappa shape index (κ3) is 2.71. The van der Waals surface area contributed by atoms with Crippen LogP contribution in [-0.2, 0) is 0 Å². The summed E-state index contributed by atoms with van der Waals surface area (Å²) in [5, 5.41) is 47.6. The lowest BCUT2D eigenvalue weighted by atomic mass is 10.1. The van der Waals surface area contributed by atoms with Gasteiger partial charge in [0.1, 0.15) is 17.2 Å². The second-order valence-electron chi connectivity index (χ2n) is 3.98. The Balaban J connectivity index is 2.48. The second kappa shape index (κ2) is 4.81. The molecule has 0 bridgehead atoms. The topological polar surface area (TPSA) is 101 Å². The number of aromatic hydroxyl groups is 3. The second-order valence-corrected chi connectivity index (χ2v) is 3.98. The summed E-state index contributed by atoms with van der Waals surface area (Å²) in [4.78, 5) is 0. The number of benzene rings is 2. The van der Waals surface area contributed by atoms with Gasteiger partial charge in [-0.1, -0.05) is 0 Å². The van der Waals surface area contributed by atoms with E-state index in [1.54, 1.807) is 0 Å². The van der Waals surface area contributed by atoms with E-state index in [0.717, 1.165) is 6.07 Å². The molecule has 5 nitrogen and oxygen atoms in total. The highest BCUT2D eigenvalue weighted by Crippen LogP contribution is 2.28. The maximum Gasteiger partial charge on any atom is 0.165 e. The molecule has 2 aromatic carbocycles. The number of aliphatic hydroxyl groups is 2. The van der Waals surface area contributed by atoms with Crippen LogP contribution in [0.2, 0.25) is 0 Å². The number of phenolic OH excluding ortho intramolecular Hbond substituents is 3. The summed E-state index contributed by atoms with van der Waals surface area (Å²) < 4.78 is 0. The van der Waals surface area contributed by atoms with Crippen molar-refractivity contribution in [2.75, 3.05) is 0 Å². The maximum absolute atomic E-state index is 9.91. The Labute approximate surface area is 108 Å². The van der Waals surface area contributed by atoms with Crippen molar-refractivity contribution in [2.24, 2.45) is 0 Å². The van der Waals surface area contributed by atoms with Crippen LogP contribution in [0.5, 0.6) is 17.2 Å². The van der Waals surface area contributed by atoms with Crippen molar-refractivity contribution in [2.45, 2.75) is 0 Å². The average molecular weight is 260 g/mol. The van der Waals surface area contributed by atoms with E-state index in [0.29, 0.717) is 0 Å². The number of hydrogen-bond donors (Lipinski definition) is 5. The summed E-state index contributed by atoms with van der Waals surface area (Å²) in [6.07, 6.45) is 0. The number of rotatable bonds is 2. The summed E-state index contributed by atoms with van der Waals surface area (Å²) >= 11 is 0. The van der Waals surface area contributed by atoms with Crippen LogP contribution in [-0.4, -0.2) is 25.5 Å². The van der Waals surface area contributed by atoms with Crippen molar-refractivity contribution in [1.82, 2.24) is 0 Å². The van der Waals surface area contributed by atoms with E-state index in [2.05, 4.69) is 0 Å². The molecule has 2 rings (SSSR count). The van der Waals surface area contributed by atoms with Gasteiger partial charge in [-0.2, -0.15) is 0 Å².